The van der Waals surface area contributed by atoms with Crippen LogP contribution in [0.2, 0.25) is 0 Å². The van der Waals surface area contributed by atoms with Crippen molar-refractivity contribution in [1.82, 2.24) is 25.8 Å². The summed E-state index contributed by atoms with van der Waals surface area (Å²) in [6.07, 6.45) is 5.39. The molecule has 1 aliphatic rings. The summed E-state index contributed by atoms with van der Waals surface area (Å²) in [7, 11) is 0. The molecule has 2 heterocycles. The van der Waals surface area contributed by atoms with Crippen molar-refractivity contribution in [3.63, 3.8) is 0 Å². The lowest BCUT2D eigenvalue weighted by Gasteiger charge is -2.23. The van der Waals surface area contributed by atoms with E-state index in [1.165, 1.54) is 12.8 Å². The summed E-state index contributed by atoms with van der Waals surface area (Å²) >= 11 is 0. The van der Waals surface area contributed by atoms with Crippen molar-refractivity contribution in [2.45, 2.75) is 45.1 Å². The lowest BCUT2D eigenvalue weighted by Crippen LogP contribution is -2.43. The molecule has 1 fully saturated rings. The molecule has 0 aromatic carbocycles. The van der Waals surface area contributed by atoms with E-state index < -0.39 is 0 Å². The van der Waals surface area contributed by atoms with Gasteiger partial charge in [0.2, 0.25) is 5.82 Å². The van der Waals surface area contributed by atoms with E-state index in [0.717, 1.165) is 31.6 Å². The molecule has 0 bridgehead atoms. The van der Waals surface area contributed by atoms with E-state index in [9.17, 15) is 4.79 Å². The lowest BCUT2D eigenvalue weighted by atomic mass is 10.1. The number of H-pyrrole nitrogens is 1. The Labute approximate surface area is 107 Å². The van der Waals surface area contributed by atoms with Crippen LogP contribution in [-0.2, 0) is 6.42 Å². The number of carbonyl (C=O) groups excluding carboxylic acids is 1. The molecule has 100 valence electrons. The van der Waals surface area contributed by atoms with Gasteiger partial charge in [-0.1, -0.05) is 13.3 Å². The molecule has 6 nitrogen and oxygen atoms in total. The smallest absolute Gasteiger partial charge is 0.291 e. The zero-order valence-electron chi connectivity index (χ0n) is 10.8. The normalized spacial score (nSPS) is 19.7. The van der Waals surface area contributed by atoms with E-state index in [2.05, 4.69) is 32.7 Å². The van der Waals surface area contributed by atoms with Gasteiger partial charge in [-0.05, 0) is 25.8 Å². The van der Waals surface area contributed by atoms with Crippen molar-refractivity contribution >= 4 is 5.91 Å². The minimum atomic E-state index is -0.194. The van der Waals surface area contributed by atoms with Gasteiger partial charge in [0.05, 0.1) is 0 Å². The molecule has 0 spiro atoms. The quantitative estimate of drug-likeness (QED) is 0.717. The first-order chi connectivity index (χ1) is 8.79. The number of aromatic nitrogens is 3. The molecule has 2 rings (SSSR count). The van der Waals surface area contributed by atoms with Crippen LogP contribution in [0, 0.1) is 0 Å². The Morgan fingerprint density at radius 3 is 3.11 bits per heavy atom. The van der Waals surface area contributed by atoms with Crippen LogP contribution >= 0.6 is 0 Å². The molecular formula is C12H21N5O. The topological polar surface area (TPSA) is 82.7 Å². The molecule has 1 aromatic heterocycles. The molecule has 1 aromatic rings. The van der Waals surface area contributed by atoms with Crippen molar-refractivity contribution in [3.05, 3.63) is 11.6 Å². The average Bonchev–Trinajstić information content (AvgIpc) is 2.86. The number of rotatable bonds is 5. The van der Waals surface area contributed by atoms with Crippen LogP contribution in [0.5, 0.6) is 0 Å². The highest BCUT2D eigenvalue weighted by atomic mass is 16.2. The Hall–Kier alpha value is -1.43. The Morgan fingerprint density at radius 1 is 1.50 bits per heavy atom. The number of aryl methyl sites for hydroxylation is 1. The van der Waals surface area contributed by atoms with Crippen LogP contribution in [0.3, 0.4) is 0 Å². The van der Waals surface area contributed by atoms with Crippen LogP contribution in [0.25, 0.3) is 0 Å². The summed E-state index contributed by atoms with van der Waals surface area (Å²) in [5.41, 5.74) is 0. The Morgan fingerprint density at radius 2 is 2.39 bits per heavy atom. The van der Waals surface area contributed by atoms with E-state index in [-0.39, 0.29) is 11.7 Å². The highest BCUT2D eigenvalue weighted by Crippen LogP contribution is 2.05. The third kappa shape index (κ3) is 3.53. The molecule has 1 amide bonds. The van der Waals surface area contributed by atoms with E-state index in [1.54, 1.807) is 0 Å². The van der Waals surface area contributed by atoms with Crippen molar-refractivity contribution < 1.29 is 4.79 Å². The molecule has 0 radical (unpaired) electrons. The fraction of sp³-hybridized carbons (Fsp3) is 0.750. The molecule has 1 saturated heterocycles. The van der Waals surface area contributed by atoms with Crippen molar-refractivity contribution in [2.24, 2.45) is 0 Å². The average molecular weight is 251 g/mol. The van der Waals surface area contributed by atoms with Crippen LogP contribution in [-0.4, -0.2) is 40.2 Å². The maximum atomic E-state index is 11.8. The highest BCUT2D eigenvalue weighted by Gasteiger charge is 2.16. The van der Waals surface area contributed by atoms with Gasteiger partial charge in [0.25, 0.3) is 5.91 Å². The number of piperidine rings is 1. The van der Waals surface area contributed by atoms with Gasteiger partial charge < -0.3 is 10.6 Å². The third-order valence-electron chi connectivity index (χ3n) is 3.14. The monoisotopic (exact) mass is 251 g/mol. The van der Waals surface area contributed by atoms with Gasteiger partial charge in [0.15, 0.2) is 0 Å². The van der Waals surface area contributed by atoms with Gasteiger partial charge in [-0.3, -0.25) is 9.89 Å². The minimum absolute atomic E-state index is 0.194. The standard InChI is InChI=1S/C12H21N5O/c1-2-5-10-15-11(17-16-10)12(18)14-8-9-6-3-4-7-13-9/h9,13H,2-8H2,1H3,(H,14,18)(H,15,16,17). The second-order valence-corrected chi connectivity index (χ2v) is 4.71. The number of hydrogen-bond donors (Lipinski definition) is 3. The maximum Gasteiger partial charge on any atom is 0.291 e. The number of amides is 1. The minimum Gasteiger partial charge on any atom is -0.348 e. The first-order valence-corrected chi connectivity index (χ1v) is 6.72. The number of carbonyl (C=O) groups is 1. The summed E-state index contributed by atoms with van der Waals surface area (Å²) in [6.45, 7) is 3.76. The van der Waals surface area contributed by atoms with Crippen molar-refractivity contribution in [1.29, 1.82) is 0 Å². The Kier molecular flexibility index (Phi) is 4.69. The molecule has 6 heteroatoms. The van der Waals surface area contributed by atoms with Gasteiger partial charge in [-0.25, -0.2) is 4.98 Å². The van der Waals surface area contributed by atoms with Gasteiger partial charge in [-0.15, -0.1) is 5.10 Å². The predicted octanol–water partition coefficient (Wildman–Crippen LogP) is 0.629. The van der Waals surface area contributed by atoms with Gasteiger partial charge in [0, 0.05) is 19.0 Å². The van der Waals surface area contributed by atoms with Gasteiger partial charge in [0.1, 0.15) is 5.82 Å². The Balaban J connectivity index is 1.79. The summed E-state index contributed by atoms with van der Waals surface area (Å²) in [5.74, 6) is 0.827. The third-order valence-corrected chi connectivity index (χ3v) is 3.14. The lowest BCUT2D eigenvalue weighted by molar-refractivity contribution is 0.0937. The molecule has 1 unspecified atom stereocenters. The summed E-state index contributed by atoms with van der Waals surface area (Å²) in [5, 5.41) is 13.0. The predicted molar refractivity (Wildman–Crippen MR) is 68.4 cm³/mol. The molecule has 1 aliphatic heterocycles. The van der Waals surface area contributed by atoms with Gasteiger partial charge in [-0.2, -0.15) is 0 Å². The highest BCUT2D eigenvalue weighted by molar-refractivity contribution is 5.90. The Bertz CT molecular complexity index is 384. The van der Waals surface area contributed by atoms with E-state index in [4.69, 9.17) is 0 Å². The van der Waals surface area contributed by atoms with Gasteiger partial charge >= 0.3 is 0 Å². The van der Waals surface area contributed by atoms with E-state index >= 15 is 0 Å². The van der Waals surface area contributed by atoms with Crippen LogP contribution < -0.4 is 10.6 Å². The number of nitrogens with one attached hydrogen (secondary N) is 3. The second kappa shape index (κ2) is 6.49. The van der Waals surface area contributed by atoms with Crippen molar-refractivity contribution in [2.75, 3.05) is 13.1 Å². The first-order valence-electron chi connectivity index (χ1n) is 6.72. The van der Waals surface area contributed by atoms with Crippen LogP contribution in [0.15, 0.2) is 0 Å². The fourth-order valence-corrected chi connectivity index (χ4v) is 2.14. The van der Waals surface area contributed by atoms with E-state index in [1.807, 2.05) is 0 Å². The fourth-order valence-electron chi connectivity index (χ4n) is 2.14. The van der Waals surface area contributed by atoms with Crippen molar-refractivity contribution in [3.8, 4) is 0 Å². The van der Waals surface area contributed by atoms with E-state index in [0.29, 0.717) is 12.6 Å². The molecule has 1 atom stereocenters. The number of nitrogens with zero attached hydrogens (tertiary/aromatic N) is 2. The molecule has 3 N–H and O–H groups in total. The molecule has 0 saturated carbocycles. The molecular weight excluding hydrogens is 230 g/mol. The maximum absolute atomic E-state index is 11.8. The molecule has 18 heavy (non-hydrogen) atoms. The number of hydrogen-bond acceptors (Lipinski definition) is 4. The largest absolute Gasteiger partial charge is 0.348 e. The zero-order chi connectivity index (χ0) is 12.8. The SMILES string of the molecule is CCCc1nc(C(=O)NCC2CCCCN2)n[nH]1. The summed E-state index contributed by atoms with van der Waals surface area (Å²) in [6, 6.07) is 0.386. The zero-order valence-corrected chi connectivity index (χ0v) is 10.8. The summed E-state index contributed by atoms with van der Waals surface area (Å²) < 4.78 is 0. The second-order valence-electron chi connectivity index (χ2n) is 4.71. The first kappa shape index (κ1) is 13.0. The van der Waals surface area contributed by atoms with Crippen LogP contribution in [0.4, 0.5) is 0 Å². The van der Waals surface area contributed by atoms with Crippen LogP contribution in [0.1, 0.15) is 49.1 Å². The molecule has 0 aliphatic carbocycles. The number of aromatic amines is 1. The summed E-state index contributed by atoms with van der Waals surface area (Å²) in [4.78, 5) is 16.0.